The molecule has 3 unspecified atom stereocenters. The Balaban J connectivity index is 2.23. The zero-order valence-electron chi connectivity index (χ0n) is 12.9. The van der Waals surface area contributed by atoms with Crippen LogP contribution in [-0.4, -0.2) is 28.5 Å². The zero-order chi connectivity index (χ0) is 15.6. The highest BCUT2D eigenvalue weighted by Gasteiger charge is 2.29. The maximum absolute atomic E-state index is 14.5. The zero-order valence-corrected chi connectivity index (χ0v) is 12.9. The Hall–Kier alpha value is -1.62. The molecule has 1 aromatic rings. The normalized spacial score (nSPS) is 27.8. The lowest BCUT2D eigenvalue weighted by atomic mass is 9.85. The summed E-state index contributed by atoms with van der Waals surface area (Å²) in [5, 5.41) is 11.6. The lowest BCUT2D eigenvalue weighted by Gasteiger charge is -2.41. The van der Waals surface area contributed by atoms with Gasteiger partial charge in [-0.1, -0.05) is 31.1 Å². The predicted octanol–water partition coefficient (Wildman–Crippen LogP) is 2.79. The lowest BCUT2D eigenvalue weighted by Crippen LogP contribution is -2.45. The van der Waals surface area contributed by atoms with E-state index in [1.54, 1.807) is 12.1 Å². The number of hydrogen-bond acceptors (Lipinski definition) is 3. The van der Waals surface area contributed by atoms with Crippen molar-refractivity contribution in [3.63, 3.8) is 0 Å². The van der Waals surface area contributed by atoms with Crippen molar-refractivity contribution in [1.82, 2.24) is 4.90 Å². The summed E-state index contributed by atoms with van der Waals surface area (Å²) in [7, 11) is 0. The first-order valence-electron chi connectivity index (χ1n) is 7.43. The smallest absolute Gasteiger partial charge is 0.173 e. The van der Waals surface area contributed by atoms with Crippen molar-refractivity contribution in [2.24, 2.45) is 22.7 Å². The van der Waals surface area contributed by atoms with Gasteiger partial charge in [0.15, 0.2) is 5.84 Å². The second kappa shape index (κ2) is 6.43. The summed E-state index contributed by atoms with van der Waals surface area (Å²) < 4.78 is 14.5. The predicted molar refractivity (Wildman–Crippen MR) is 81.7 cm³/mol. The van der Waals surface area contributed by atoms with Crippen molar-refractivity contribution in [3.05, 3.63) is 35.1 Å². The molecule has 0 spiro atoms. The maximum atomic E-state index is 14.5. The van der Waals surface area contributed by atoms with Crippen molar-refractivity contribution in [3.8, 4) is 0 Å². The van der Waals surface area contributed by atoms with Crippen molar-refractivity contribution in [1.29, 1.82) is 0 Å². The number of nitrogens with two attached hydrogens (primary N) is 1. The van der Waals surface area contributed by atoms with Gasteiger partial charge in [0, 0.05) is 24.7 Å². The Kier molecular flexibility index (Phi) is 4.83. The van der Waals surface area contributed by atoms with E-state index in [-0.39, 0.29) is 11.4 Å². The van der Waals surface area contributed by atoms with Crippen LogP contribution >= 0.6 is 0 Å². The van der Waals surface area contributed by atoms with Gasteiger partial charge >= 0.3 is 0 Å². The largest absolute Gasteiger partial charge is 0.409 e. The van der Waals surface area contributed by atoms with Crippen molar-refractivity contribution in [2.75, 3.05) is 6.54 Å². The number of amidine groups is 1. The van der Waals surface area contributed by atoms with Gasteiger partial charge < -0.3 is 10.9 Å². The number of benzene rings is 1. The number of hydrogen-bond donors (Lipinski definition) is 2. The van der Waals surface area contributed by atoms with E-state index in [4.69, 9.17) is 10.9 Å². The SMILES string of the molecule is CC1CC(C)C(C)N(Cc2cccc(/C(N)=N/O)c2F)C1. The average Bonchev–Trinajstić information content (AvgIpc) is 2.45. The highest BCUT2D eigenvalue weighted by atomic mass is 19.1. The molecule has 116 valence electrons. The summed E-state index contributed by atoms with van der Waals surface area (Å²) in [6.45, 7) is 8.20. The first kappa shape index (κ1) is 15.8. The van der Waals surface area contributed by atoms with Crippen LogP contribution in [0.4, 0.5) is 4.39 Å². The topological polar surface area (TPSA) is 61.8 Å². The van der Waals surface area contributed by atoms with Gasteiger partial charge in [0.1, 0.15) is 5.82 Å². The maximum Gasteiger partial charge on any atom is 0.173 e. The second-order valence-electron chi connectivity index (χ2n) is 6.25. The van der Waals surface area contributed by atoms with Crippen LogP contribution in [0.3, 0.4) is 0 Å². The molecule has 3 N–H and O–H groups in total. The summed E-state index contributed by atoms with van der Waals surface area (Å²) in [6, 6.07) is 5.46. The van der Waals surface area contributed by atoms with E-state index >= 15 is 0 Å². The molecule has 1 heterocycles. The molecule has 5 heteroatoms. The third-order valence-electron chi connectivity index (χ3n) is 4.56. The van der Waals surface area contributed by atoms with Gasteiger partial charge in [-0.05, 0) is 31.2 Å². The van der Waals surface area contributed by atoms with Gasteiger partial charge in [0.25, 0.3) is 0 Å². The molecule has 0 saturated carbocycles. The van der Waals surface area contributed by atoms with Crippen LogP contribution in [0.2, 0.25) is 0 Å². The third kappa shape index (κ3) is 3.35. The van der Waals surface area contributed by atoms with Crippen molar-refractivity contribution < 1.29 is 9.60 Å². The molecule has 0 bridgehead atoms. The first-order chi connectivity index (χ1) is 9.93. The number of rotatable bonds is 3. The molecule has 0 radical (unpaired) electrons. The van der Waals surface area contributed by atoms with E-state index < -0.39 is 5.82 Å². The molecule has 1 aromatic carbocycles. The fourth-order valence-electron chi connectivity index (χ4n) is 3.21. The number of oxime groups is 1. The number of nitrogens with zero attached hydrogens (tertiary/aromatic N) is 2. The van der Waals surface area contributed by atoms with Crippen LogP contribution in [0.5, 0.6) is 0 Å². The molecule has 21 heavy (non-hydrogen) atoms. The van der Waals surface area contributed by atoms with E-state index in [1.165, 1.54) is 12.5 Å². The number of likely N-dealkylation sites (tertiary alicyclic amines) is 1. The van der Waals surface area contributed by atoms with Gasteiger partial charge in [-0.3, -0.25) is 4.90 Å². The van der Waals surface area contributed by atoms with E-state index in [0.717, 1.165) is 6.54 Å². The second-order valence-corrected chi connectivity index (χ2v) is 6.25. The molecule has 0 aliphatic carbocycles. The molecule has 4 nitrogen and oxygen atoms in total. The standard InChI is InChI=1S/C16H24FN3O/c1-10-7-11(2)12(3)20(8-10)9-13-5-4-6-14(15(13)17)16(18)19-21/h4-6,10-12,21H,7-9H2,1-3H3,(H2,18,19). The van der Waals surface area contributed by atoms with Crippen LogP contribution in [0, 0.1) is 17.7 Å². The molecule has 1 aliphatic heterocycles. The summed E-state index contributed by atoms with van der Waals surface area (Å²) in [5.41, 5.74) is 6.26. The minimum Gasteiger partial charge on any atom is -0.409 e. The fourth-order valence-corrected chi connectivity index (χ4v) is 3.21. The van der Waals surface area contributed by atoms with E-state index in [9.17, 15) is 4.39 Å². The Labute approximate surface area is 125 Å². The first-order valence-corrected chi connectivity index (χ1v) is 7.43. The average molecular weight is 293 g/mol. The molecule has 0 aromatic heterocycles. The summed E-state index contributed by atoms with van der Waals surface area (Å²) in [4.78, 5) is 2.31. The Morgan fingerprint density at radius 2 is 2.14 bits per heavy atom. The molecular formula is C16H24FN3O. The monoisotopic (exact) mass is 293 g/mol. The summed E-state index contributed by atoms with van der Waals surface area (Å²) in [6.07, 6.45) is 1.21. The number of piperidine rings is 1. The Morgan fingerprint density at radius 3 is 2.81 bits per heavy atom. The van der Waals surface area contributed by atoms with Crippen molar-refractivity contribution in [2.45, 2.75) is 39.8 Å². The molecule has 0 amide bonds. The fraction of sp³-hybridized carbons (Fsp3) is 0.562. The quantitative estimate of drug-likeness (QED) is 0.390. The van der Waals surface area contributed by atoms with Crippen molar-refractivity contribution >= 4 is 5.84 Å². The van der Waals surface area contributed by atoms with Gasteiger partial charge in [-0.15, -0.1) is 0 Å². The van der Waals surface area contributed by atoms with Gasteiger partial charge in [0.05, 0.1) is 5.56 Å². The minimum absolute atomic E-state index is 0.153. The molecule has 2 rings (SSSR count). The lowest BCUT2D eigenvalue weighted by molar-refractivity contribution is 0.0720. The van der Waals surface area contributed by atoms with E-state index in [0.29, 0.717) is 30.0 Å². The Morgan fingerprint density at radius 1 is 1.43 bits per heavy atom. The molecule has 1 fully saturated rings. The third-order valence-corrected chi connectivity index (χ3v) is 4.56. The molecule has 1 aliphatic rings. The highest BCUT2D eigenvalue weighted by Crippen LogP contribution is 2.28. The molecular weight excluding hydrogens is 269 g/mol. The van der Waals surface area contributed by atoms with Gasteiger partial charge in [-0.25, -0.2) is 4.39 Å². The highest BCUT2D eigenvalue weighted by molar-refractivity contribution is 5.97. The molecule has 3 atom stereocenters. The summed E-state index contributed by atoms with van der Waals surface area (Å²) in [5.74, 6) is 0.629. The Bertz CT molecular complexity index is 532. The van der Waals surface area contributed by atoms with Gasteiger partial charge in [-0.2, -0.15) is 0 Å². The van der Waals surface area contributed by atoms with E-state index in [1.807, 2.05) is 0 Å². The van der Waals surface area contributed by atoms with E-state index in [2.05, 4.69) is 30.8 Å². The minimum atomic E-state index is -0.397. The van der Waals surface area contributed by atoms with Crippen LogP contribution < -0.4 is 5.73 Å². The van der Waals surface area contributed by atoms with Crippen LogP contribution in [0.15, 0.2) is 23.4 Å². The van der Waals surface area contributed by atoms with Crippen LogP contribution in [0.25, 0.3) is 0 Å². The molecule has 1 saturated heterocycles. The summed E-state index contributed by atoms with van der Waals surface area (Å²) >= 11 is 0. The van der Waals surface area contributed by atoms with Gasteiger partial charge in [0.2, 0.25) is 0 Å². The van der Waals surface area contributed by atoms with Crippen LogP contribution in [0.1, 0.15) is 38.3 Å². The number of halogens is 1. The van der Waals surface area contributed by atoms with Crippen LogP contribution in [-0.2, 0) is 6.54 Å².